The van der Waals surface area contributed by atoms with Gasteiger partial charge in [0.2, 0.25) is 0 Å². The highest BCUT2D eigenvalue weighted by atomic mass is 16.6. The molecule has 2 aromatic rings. The molecule has 1 spiro atoms. The summed E-state index contributed by atoms with van der Waals surface area (Å²) < 4.78 is 22.7. The number of hydrogen-bond donors (Lipinski definition) is 0. The van der Waals surface area contributed by atoms with Crippen LogP contribution < -0.4 is 9.47 Å². The van der Waals surface area contributed by atoms with E-state index < -0.39 is 35.5 Å². The number of hydrogen-bond acceptors (Lipinski definition) is 7. The lowest BCUT2D eigenvalue weighted by atomic mass is 9.70. The standard InChI is InChI=1S/C24H18O7/c1-13(25)28-15-7-9-19-21(11-15)30-22-12-16(29-14(2)26)8-10-20(22)24(19)18-6-4-3-5-17(18)23(27)31-24/h3-12,19,21H,1-2H3. The molecule has 156 valence electrons. The molecule has 0 radical (unpaired) electrons. The smallest absolute Gasteiger partial charge is 0.339 e. The van der Waals surface area contributed by atoms with Gasteiger partial charge in [0.1, 0.15) is 23.4 Å². The van der Waals surface area contributed by atoms with Gasteiger partial charge in [-0.2, -0.15) is 0 Å². The summed E-state index contributed by atoms with van der Waals surface area (Å²) in [5, 5.41) is 0. The number of carbonyl (C=O) groups excluding carboxylic acids is 3. The van der Waals surface area contributed by atoms with Crippen LogP contribution in [0, 0.1) is 5.92 Å². The van der Waals surface area contributed by atoms with Crippen molar-refractivity contribution in [1.82, 2.24) is 0 Å². The number of esters is 3. The van der Waals surface area contributed by atoms with E-state index >= 15 is 0 Å². The van der Waals surface area contributed by atoms with Crippen LogP contribution >= 0.6 is 0 Å². The molecule has 3 unspecified atom stereocenters. The van der Waals surface area contributed by atoms with Crippen LogP contribution in [0.2, 0.25) is 0 Å². The molecule has 0 N–H and O–H groups in total. The fraction of sp³-hybridized carbons (Fsp3) is 0.208. The minimum atomic E-state index is -1.13. The average Bonchev–Trinajstić information content (AvgIpc) is 3.00. The van der Waals surface area contributed by atoms with Gasteiger partial charge in [-0.05, 0) is 30.4 Å². The summed E-state index contributed by atoms with van der Waals surface area (Å²) in [4.78, 5) is 35.6. The Balaban J connectivity index is 1.70. The number of carbonyl (C=O) groups is 3. The number of fused-ring (bicyclic) bond motifs is 6. The second-order valence-corrected chi connectivity index (χ2v) is 7.55. The van der Waals surface area contributed by atoms with Crippen molar-refractivity contribution in [3.8, 4) is 11.5 Å². The molecule has 0 saturated heterocycles. The van der Waals surface area contributed by atoms with E-state index in [0.717, 1.165) is 5.56 Å². The molecular formula is C24H18O7. The van der Waals surface area contributed by atoms with Gasteiger partial charge in [0.05, 0.1) is 11.5 Å². The summed E-state index contributed by atoms with van der Waals surface area (Å²) in [6, 6.07) is 12.2. The fourth-order valence-electron chi connectivity index (χ4n) is 4.49. The van der Waals surface area contributed by atoms with Gasteiger partial charge in [0.25, 0.3) is 0 Å². The van der Waals surface area contributed by atoms with Crippen molar-refractivity contribution in [2.45, 2.75) is 25.6 Å². The molecule has 7 nitrogen and oxygen atoms in total. The first kappa shape index (κ1) is 19.1. The topological polar surface area (TPSA) is 88.1 Å². The van der Waals surface area contributed by atoms with E-state index in [9.17, 15) is 14.4 Å². The molecule has 0 saturated carbocycles. The Morgan fingerprint density at radius 1 is 1.00 bits per heavy atom. The van der Waals surface area contributed by atoms with Crippen molar-refractivity contribution in [3.63, 3.8) is 0 Å². The van der Waals surface area contributed by atoms with Gasteiger partial charge >= 0.3 is 17.9 Å². The van der Waals surface area contributed by atoms with Gasteiger partial charge in [0, 0.05) is 31.0 Å². The van der Waals surface area contributed by atoms with E-state index in [-0.39, 0.29) is 0 Å². The highest BCUT2D eigenvalue weighted by Crippen LogP contribution is 2.56. The van der Waals surface area contributed by atoms with Gasteiger partial charge in [-0.25, -0.2) is 4.79 Å². The van der Waals surface area contributed by atoms with Gasteiger partial charge < -0.3 is 18.9 Å². The molecular weight excluding hydrogens is 400 g/mol. The summed E-state index contributed by atoms with van der Waals surface area (Å²) in [6.45, 7) is 2.63. The van der Waals surface area contributed by atoms with E-state index in [4.69, 9.17) is 18.9 Å². The van der Waals surface area contributed by atoms with Crippen LogP contribution in [0.1, 0.15) is 35.3 Å². The zero-order valence-electron chi connectivity index (χ0n) is 16.8. The number of allylic oxidation sites excluding steroid dienone is 1. The maximum Gasteiger partial charge on any atom is 0.339 e. The van der Waals surface area contributed by atoms with Crippen molar-refractivity contribution in [3.05, 3.63) is 83.1 Å². The number of benzene rings is 2. The molecule has 1 aliphatic carbocycles. The molecule has 2 aliphatic heterocycles. The summed E-state index contributed by atoms with van der Waals surface area (Å²) in [7, 11) is 0. The Bertz CT molecular complexity index is 1190. The Labute approximate surface area is 177 Å². The van der Waals surface area contributed by atoms with Crippen LogP contribution in [0.25, 0.3) is 0 Å². The molecule has 7 heteroatoms. The first-order valence-electron chi connectivity index (χ1n) is 9.79. The average molecular weight is 418 g/mol. The Kier molecular flexibility index (Phi) is 4.22. The van der Waals surface area contributed by atoms with Crippen LogP contribution in [0.3, 0.4) is 0 Å². The molecule has 0 fully saturated rings. The van der Waals surface area contributed by atoms with Crippen LogP contribution in [0.15, 0.2) is 66.5 Å². The molecule has 3 aliphatic rings. The van der Waals surface area contributed by atoms with Crippen LogP contribution in [-0.4, -0.2) is 24.0 Å². The van der Waals surface area contributed by atoms with Crippen molar-refractivity contribution in [2.24, 2.45) is 5.92 Å². The SMILES string of the molecule is CC(=O)OC1=CC2Oc3cc(OC(C)=O)ccc3C3(OC(=O)c4ccccc43)C2C=C1. The second kappa shape index (κ2) is 6.84. The highest BCUT2D eigenvalue weighted by Gasteiger charge is 2.58. The summed E-state index contributed by atoms with van der Waals surface area (Å²) in [6.07, 6.45) is 4.62. The molecule has 5 rings (SSSR count). The third-order valence-electron chi connectivity index (χ3n) is 5.56. The second-order valence-electron chi connectivity index (χ2n) is 7.55. The minimum absolute atomic E-state index is 0.313. The Morgan fingerprint density at radius 3 is 2.55 bits per heavy atom. The van der Waals surface area contributed by atoms with E-state index in [1.54, 1.807) is 42.5 Å². The van der Waals surface area contributed by atoms with E-state index in [0.29, 0.717) is 28.4 Å². The monoisotopic (exact) mass is 418 g/mol. The van der Waals surface area contributed by atoms with Crippen LogP contribution in [-0.2, 0) is 24.7 Å². The Morgan fingerprint density at radius 2 is 1.77 bits per heavy atom. The zero-order chi connectivity index (χ0) is 21.8. The van der Waals surface area contributed by atoms with Gasteiger partial charge in [0.15, 0.2) is 5.60 Å². The van der Waals surface area contributed by atoms with Gasteiger partial charge in [-0.15, -0.1) is 0 Å². The fourth-order valence-corrected chi connectivity index (χ4v) is 4.49. The summed E-state index contributed by atoms with van der Waals surface area (Å²) in [5.74, 6) is -0.651. The molecule has 0 bridgehead atoms. The first-order valence-corrected chi connectivity index (χ1v) is 9.79. The molecule has 3 atom stereocenters. The van der Waals surface area contributed by atoms with Crippen LogP contribution in [0.4, 0.5) is 0 Å². The quantitative estimate of drug-likeness (QED) is 0.545. The lowest BCUT2D eigenvalue weighted by molar-refractivity contribution is -0.136. The van der Waals surface area contributed by atoms with E-state index in [1.807, 2.05) is 18.2 Å². The minimum Gasteiger partial charge on any atom is -0.485 e. The maximum atomic E-state index is 12.8. The summed E-state index contributed by atoms with van der Waals surface area (Å²) in [5.41, 5.74) is 0.738. The lowest BCUT2D eigenvalue weighted by Gasteiger charge is -2.45. The molecule has 2 aromatic carbocycles. The van der Waals surface area contributed by atoms with E-state index in [2.05, 4.69) is 0 Å². The van der Waals surface area contributed by atoms with Crippen molar-refractivity contribution < 1.29 is 33.3 Å². The Hall–Kier alpha value is -3.87. The predicted molar refractivity (Wildman–Crippen MR) is 107 cm³/mol. The zero-order valence-corrected chi connectivity index (χ0v) is 16.8. The van der Waals surface area contributed by atoms with E-state index in [1.165, 1.54) is 13.8 Å². The van der Waals surface area contributed by atoms with Crippen molar-refractivity contribution >= 4 is 17.9 Å². The highest BCUT2D eigenvalue weighted by molar-refractivity contribution is 5.96. The largest absolute Gasteiger partial charge is 0.485 e. The molecule has 0 amide bonds. The van der Waals surface area contributed by atoms with Gasteiger partial charge in [-0.3, -0.25) is 9.59 Å². The summed E-state index contributed by atoms with van der Waals surface area (Å²) >= 11 is 0. The predicted octanol–water partition coefficient (Wildman–Crippen LogP) is 3.42. The third-order valence-corrected chi connectivity index (χ3v) is 5.56. The molecule has 31 heavy (non-hydrogen) atoms. The first-order chi connectivity index (χ1) is 14.9. The maximum absolute atomic E-state index is 12.8. The normalized spacial score (nSPS) is 24.8. The third kappa shape index (κ3) is 2.92. The lowest BCUT2D eigenvalue weighted by Crippen LogP contribution is -2.48. The number of ether oxygens (including phenoxy) is 4. The van der Waals surface area contributed by atoms with Crippen molar-refractivity contribution in [1.29, 1.82) is 0 Å². The van der Waals surface area contributed by atoms with Crippen LogP contribution in [0.5, 0.6) is 11.5 Å². The van der Waals surface area contributed by atoms with Crippen molar-refractivity contribution in [2.75, 3.05) is 0 Å². The molecule has 0 aromatic heterocycles. The van der Waals surface area contributed by atoms with Gasteiger partial charge in [-0.1, -0.05) is 24.3 Å². The molecule has 2 heterocycles. The number of rotatable bonds is 2.